The van der Waals surface area contributed by atoms with Gasteiger partial charge in [-0.1, -0.05) is 32.0 Å². The van der Waals surface area contributed by atoms with E-state index in [1.807, 2.05) is 56.3 Å². The Balaban J connectivity index is 1.82. The molecule has 0 aromatic heterocycles. The van der Waals surface area contributed by atoms with E-state index >= 15 is 0 Å². The van der Waals surface area contributed by atoms with Gasteiger partial charge >= 0.3 is 5.97 Å². The summed E-state index contributed by atoms with van der Waals surface area (Å²) in [5.74, 6) is 0.155. The highest BCUT2D eigenvalue weighted by Gasteiger charge is 2.12. The van der Waals surface area contributed by atoms with Crippen LogP contribution in [0.25, 0.3) is 0 Å². The van der Waals surface area contributed by atoms with E-state index in [1.54, 1.807) is 7.11 Å². The van der Waals surface area contributed by atoms with Gasteiger partial charge in [-0.15, -0.1) is 11.8 Å². The molecule has 0 saturated heterocycles. The number of amides is 1. The minimum atomic E-state index is -0.426. The van der Waals surface area contributed by atoms with Gasteiger partial charge in [-0.3, -0.25) is 9.59 Å². The molecular formula is C21H25NO4S. The number of hydrogen-bond acceptors (Lipinski definition) is 5. The first-order valence-corrected chi connectivity index (χ1v) is 9.89. The van der Waals surface area contributed by atoms with Crippen LogP contribution in [0.15, 0.2) is 47.4 Å². The molecule has 1 N–H and O–H groups in total. The van der Waals surface area contributed by atoms with E-state index in [0.29, 0.717) is 0 Å². The second-order valence-corrected chi connectivity index (χ2v) is 6.88. The molecule has 144 valence electrons. The lowest BCUT2D eigenvalue weighted by molar-refractivity contribution is -0.144. The highest BCUT2D eigenvalue weighted by molar-refractivity contribution is 8.00. The molecule has 0 aliphatic heterocycles. The van der Waals surface area contributed by atoms with Crippen molar-refractivity contribution >= 4 is 29.3 Å². The van der Waals surface area contributed by atoms with Gasteiger partial charge < -0.3 is 14.8 Å². The lowest BCUT2D eigenvalue weighted by Crippen LogP contribution is -2.22. The summed E-state index contributed by atoms with van der Waals surface area (Å²) in [5.41, 5.74) is 2.98. The lowest BCUT2D eigenvalue weighted by atomic mass is 10.0. The fourth-order valence-electron chi connectivity index (χ4n) is 2.58. The van der Waals surface area contributed by atoms with Crippen LogP contribution in [0, 0.1) is 0 Å². The standard InChI is InChI=1S/C21H25NO4S/c1-4-15-7-6-8-16(5-2)21(15)22-19(23)13-26-20(24)14-27-18-11-9-17(25-3)10-12-18/h6-12H,4-5,13-14H2,1-3H3,(H,22,23). The molecule has 0 radical (unpaired) electrons. The maximum atomic E-state index is 12.2. The molecule has 27 heavy (non-hydrogen) atoms. The van der Waals surface area contributed by atoms with E-state index in [2.05, 4.69) is 5.32 Å². The second kappa shape index (κ2) is 10.6. The number of esters is 1. The number of para-hydroxylation sites is 1. The summed E-state index contributed by atoms with van der Waals surface area (Å²) in [6, 6.07) is 13.4. The quantitative estimate of drug-likeness (QED) is 0.518. The molecule has 2 aromatic rings. The average molecular weight is 388 g/mol. The summed E-state index contributed by atoms with van der Waals surface area (Å²) in [7, 11) is 1.60. The van der Waals surface area contributed by atoms with Crippen molar-refractivity contribution in [1.29, 1.82) is 0 Å². The van der Waals surface area contributed by atoms with Gasteiger partial charge in [0.05, 0.1) is 12.9 Å². The molecule has 0 aliphatic carbocycles. The number of ether oxygens (including phenoxy) is 2. The van der Waals surface area contributed by atoms with Gasteiger partial charge in [0.2, 0.25) is 0 Å². The van der Waals surface area contributed by atoms with Crippen molar-refractivity contribution in [3.05, 3.63) is 53.6 Å². The molecule has 0 aliphatic rings. The van der Waals surface area contributed by atoms with Crippen molar-refractivity contribution in [1.82, 2.24) is 0 Å². The predicted octanol–water partition coefficient (Wildman–Crippen LogP) is 4.09. The molecule has 0 atom stereocenters. The van der Waals surface area contributed by atoms with E-state index in [0.717, 1.165) is 40.3 Å². The van der Waals surface area contributed by atoms with Crippen LogP contribution in [0.1, 0.15) is 25.0 Å². The maximum absolute atomic E-state index is 12.2. The summed E-state index contributed by atoms with van der Waals surface area (Å²) in [6.07, 6.45) is 1.64. The first-order chi connectivity index (χ1) is 13.1. The Morgan fingerprint density at radius 1 is 1.00 bits per heavy atom. The third-order valence-corrected chi connectivity index (χ3v) is 5.03. The van der Waals surface area contributed by atoms with Gasteiger partial charge in [0, 0.05) is 10.6 Å². The summed E-state index contributed by atoms with van der Waals surface area (Å²) in [6.45, 7) is 3.80. The Hall–Kier alpha value is -2.47. The van der Waals surface area contributed by atoms with Gasteiger partial charge in [-0.2, -0.15) is 0 Å². The van der Waals surface area contributed by atoms with Crippen molar-refractivity contribution in [3.8, 4) is 5.75 Å². The highest BCUT2D eigenvalue weighted by Crippen LogP contribution is 2.23. The Labute approximate surface area is 164 Å². The number of carbonyl (C=O) groups is 2. The Bertz CT molecular complexity index is 752. The molecule has 0 heterocycles. The molecule has 6 heteroatoms. The normalized spacial score (nSPS) is 10.3. The average Bonchev–Trinajstić information content (AvgIpc) is 2.71. The monoisotopic (exact) mass is 387 g/mol. The Morgan fingerprint density at radius 2 is 1.63 bits per heavy atom. The third-order valence-electron chi connectivity index (χ3n) is 4.04. The number of methoxy groups -OCH3 is 1. The zero-order chi connectivity index (χ0) is 19.6. The van der Waals surface area contributed by atoms with Gasteiger partial charge in [0.25, 0.3) is 5.91 Å². The summed E-state index contributed by atoms with van der Waals surface area (Å²) >= 11 is 1.35. The minimum absolute atomic E-state index is 0.144. The molecule has 2 rings (SSSR count). The van der Waals surface area contributed by atoms with E-state index < -0.39 is 5.97 Å². The smallest absolute Gasteiger partial charge is 0.316 e. The van der Waals surface area contributed by atoms with Gasteiger partial charge in [-0.05, 0) is 48.2 Å². The molecule has 5 nitrogen and oxygen atoms in total. The fraction of sp³-hybridized carbons (Fsp3) is 0.333. The zero-order valence-electron chi connectivity index (χ0n) is 15.9. The molecule has 0 fully saturated rings. The Kier molecular flexibility index (Phi) is 8.20. The van der Waals surface area contributed by atoms with Gasteiger partial charge in [0.15, 0.2) is 6.61 Å². The van der Waals surface area contributed by atoms with Gasteiger partial charge in [0.1, 0.15) is 5.75 Å². The lowest BCUT2D eigenvalue weighted by Gasteiger charge is -2.14. The number of thioether (sulfide) groups is 1. The predicted molar refractivity (Wildman–Crippen MR) is 109 cm³/mol. The van der Waals surface area contributed by atoms with Crippen LogP contribution in [0.2, 0.25) is 0 Å². The van der Waals surface area contributed by atoms with Crippen LogP contribution in [0.3, 0.4) is 0 Å². The van der Waals surface area contributed by atoms with Crippen molar-refractivity contribution in [2.75, 3.05) is 24.8 Å². The highest BCUT2D eigenvalue weighted by atomic mass is 32.2. The van der Waals surface area contributed by atoms with Crippen LogP contribution in [-0.2, 0) is 27.2 Å². The molecule has 0 spiro atoms. The zero-order valence-corrected chi connectivity index (χ0v) is 16.7. The minimum Gasteiger partial charge on any atom is -0.497 e. The first kappa shape index (κ1) is 20.8. The molecule has 2 aromatic carbocycles. The number of benzene rings is 2. The van der Waals surface area contributed by atoms with E-state index in [1.165, 1.54) is 11.8 Å². The van der Waals surface area contributed by atoms with E-state index in [9.17, 15) is 9.59 Å². The van der Waals surface area contributed by atoms with Crippen LogP contribution < -0.4 is 10.1 Å². The molecular weight excluding hydrogens is 362 g/mol. The van der Waals surface area contributed by atoms with Crippen LogP contribution in [0.5, 0.6) is 5.75 Å². The van der Waals surface area contributed by atoms with Crippen molar-refractivity contribution in [2.45, 2.75) is 31.6 Å². The van der Waals surface area contributed by atoms with Crippen molar-refractivity contribution in [2.24, 2.45) is 0 Å². The van der Waals surface area contributed by atoms with E-state index in [-0.39, 0.29) is 18.3 Å². The van der Waals surface area contributed by atoms with E-state index in [4.69, 9.17) is 9.47 Å². The second-order valence-electron chi connectivity index (χ2n) is 5.83. The number of rotatable bonds is 9. The molecule has 0 unspecified atom stereocenters. The van der Waals surface area contributed by atoms with Crippen molar-refractivity contribution in [3.63, 3.8) is 0 Å². The maximum Gasteiger partial charge on any atom is 0.316 e. The van der Waals surface area contributed by atoms with Crippen LogP contribution in [-0.4, -0.2) is 31.3 Å². The fourth-order valence-corrected chi connectivity index (χ4v) is 3.28. The molecule has 0 bridgehead atoms. The summed E-state index contributed by atoms with van der Waals surface area (Å²) < 4.78 is 10.2. The topological polar surface area (TPSA) is 64.6 Å². The number of carbonyl (C=O) groups excluding carboxylic acids is 2. The number of anilines is 1. The molecule has 0 saturated carbocycles. The Morgan fingerprint density at radius 3 is 2.19 bits per heavy atom. The summed E-state index contributed by atoms with van der Waals surface area (Å²) in [4.78, 5) is 25.0. The number of nitrogens with one attached hydrogen (secondary N) is 1. The third kappa shape index (κ3) is 6.32. The number of hydrogen-bond donors (Lipinski definition) is 1. The van der Waals surface area contributed by atoms with Crippen LogP contribution >= 0.6 is 11.8 Å². The SMILES string of the molecule is CCc1cccc(CC)c1NC(=O)COC(=O)CSc1ccc(OC)cc1. The van der Waals surface area contributed by atoms with Gasteiger partial charge in [-0.25, -0.2) is 0 Å². The largest absolute Gasteiger partial charge is 0.497 e. The first-order valence-electron chi connectivity index (χ1n) is 8.90. The molecule has 1 amide bonds. The van der Waals surface area contributed by atoms with Crippen molar-refractivity contribution < 1.29 is 19.1 Å². The number of aryl methyl sites for hydroxylation is 2. The van der Waals surface area contributed by atoms with Crippen LogP contribution in [0.4, 0.5) is 5.69 Å². The summed E-state index contributed by atoms with van der Waals surface area (Å²) in [5, 5.41) is 2.89.